The zero-order chi connectivity index (χ0) is 24.0. The van der Waals surface area contributed by atoms with Crippen LogP contribution in [0.15, 0.2) is 53.4 Å². The average Bonchev–Trinajstić information content (AvgIpc) is 2.81. The van der Waals surface area contributed by atoms with Crippen molar-refractivity contribution in [2.45, 2.75) is 43.7 Å². The first kappa shape index (κ1) is 24.9. The third-order valence-corrected chi connectivity index (χ3v) is 7.47. The van der Waals surface area contributed by atoms with Crippen molar-refractivity contribution in [3.8, 4) is 0 Å². The SMILES string of the molecule is CC(=O)c1ccc(S(=O)(=O)N2CCCCC2C(=O)OCC(=O)NCc2cccc(Cl)c2)cc1. The van der Waals surface area contributed by atoms with Crippen molar-refractivity contribution in [1.29, 1.82) is 0 Å². The number of sulfonamides is 1. The summed E-state index contributed by atoms with van der Waals surface area (Å²) in [5.74, 6) is -1.45. The summed E-state index contributed by atoms with van der Waals surface area (Å²) in [6.07, 6.45) is 1.57. The van der Waals surface area contributed by atoms with Gasteiger partial charge < -0.3 is 10.1 Å². The first-order valence-electron chi connectivity index (χ1n) is 10.5. The molecule has 176 valence electrons. The third kappa shape index (κ3) is 6.40. The molecule has 2 aromatic carbocycles. The van der Waals surface area contributed by atoms with Gasteiger partial charge in [0.1, 0.15) is 6.04 Å². The third-order valence-electron chi connectivity index (χ3n) is 5.32. The van der Waals surface area contributed by atoms with Gasteiger partial charge >= 0.3 is 5.97 Å². The summed E-state index contributed by atoms with van der Waals surface area (Å²) in [5.41, 5.74) is 1.19. The fraction of sp³-hybridized carbons (Fsp3) is 0.348. The van der Waals surface area contributed by atoms with E-state index in [1.165, 1.54) is 31.2 Å². The minimum absolute atomic E-state index is 0.00790. The van der Waals surface area contributed by atoms with Gasteiger partial charge in [0.15, 0.2) is 12.4 Å². The van der Waals surface area contributed by atoms with E-state index in [9.17, 15) is 22.8 Å². The van der Waals surface area contributed by atoms with Gasteiger partial charge in [0.05, 0.1) is 4.90 Å². The fourth-order valence-corrected chi connectivity index (χ4v) is 5.42. The number of ether oxygens (including phenoxy) is 1. The molecule has 2 aromatic rings. The van der Waals surface area contributed by atoms with Crippen LogP contribution in [0.1, 0.15) is 42.1 Å². The Kier molecular flexibility index (Phi) is 8.23. The number of carbonyl (C=O) groups excluding carboxylic acids is 3. The molecule has 33 heavy (non-hydrogen) atoms. The molecule has 1 fully saturated rings. The van der Waals surface area contributed by atoms with E-state index < -0.39 is 34.5 Å². The summed E-state index contributed by atoms with van der Waals surface area (Å²) >= 11 is 5.91. The number of nitrogens with one attached hydrogen (secondary N) is 1. The van der Waals surface area contributed by atoms with E-state index in [1.807, 2.05) is 0 Å². The maximum Gasteiger partial charge on any atom is 0.324 e. The molecule has 8 nitrogen and oxygen atoms in total. The Morgan fingerprint density at radius 3 is 2.52 bits per heavy atom. The number of carbonyl (C=O) groups is 3. The van der Waals surface area contributed by atoms with Crippen LogP contribution >= 0.6 is 11.6 Å². The van der Waals surface area contributed by atoms with Crippen molar-refractivity contribution in [2.24, 2.45) is 0 Å². The first-order chi connectivity index (χ1) is 15.7. The van der Waals surface area contributed by atoms with E-state index in [2.05, 4.69) is 5.32 Å². The van der Waals surface area contributed by atoms with E-state index in [4.69, 9.17) is 16.3 Å². The molecule has 0 saturated carbocycles. The minimum atomic E-state index is -3.98. The number of rotatable bonds is 8. The number of hydrogen-bond donors (Lipinski definition) is 1. The molecule has 1 N–H and O–H groups in total. The Bertz CT molecular complexity index is 1130. The quantitative estimate of drug-likeness (QED) is 0.448. The van der Waals surface area contributed by atoms with Crippen LogP contribution in [0.25, 0.3) is 0 Å². The average molecular weight is 493 g/mol. The predicted molar refractivity (Wildman–Crippen MR) is 122 cm³/mol. The molecule has 1 amide bonds. The molecular formula is C23H25ClN2O6S. The van der Waals surface area contributed by atoms with Crippen LogP contribution < -0.4 is 5.32 Å². The number of hydrogen-bond acceptors (Lipinski definition) is 6. The Labute approximate surface area is 197 Å². The molecule has 0 bridgehead atoms. The lowest BCUT2D eigenvalue weighted by Gasteiger charge is -2.33. The van der Waals surface area contributed by atoms with Crippen molar-refractivity contribution in [3.63, 3.8) is 0 Å². The first-order valence-corrected chi connectivity index (χ1v) is 12.3. The van der Waals surface area contributed by atoms with Gasteiger partial charge in [0.2, 0.25) is 10.0 Å². The van der Waals surface area contributed by atoms with Gasteiger partial charge in [-0.05, 0) is 56.0 Å². The van der Waals surface area contributed by atoms with E-state index in [1.54, 1.807) is 24.3 Å². The van der Waals surface area contributed by atoms with Crippen LogP contribution in [0, 0.1) is 0 Å². The van der Waals surface area contributed by atoms with E-state index in [0.29, 0.717) is 29.8 Å². The molecule has 1 aliphatic heterocycles. The summed E-state index contributed by atoms with van der Waals surface area (Å²) in [4.78, 5) is 36.2. The minimum Gasteiger partial charge on any atom is -0.454 e. The molecule has 1 unspecified atom stereocenters. The van der Waals surface area contributed by atoms with Crippen LogP contribution in [0.2, 0.25) is 5.02 Å². The number of nitrogens with zero attached hydrogens (tertiary/aromatic N) is 1. The number of benzene rings is 2. The molecule has 0 aromatic heterocycles. The second-order valence-electron chi connectivity index (χ2n) is 7.72. The zero-order valence-electron chi connectivity index (χ0n) is 18.1. The van der Waals surface area contributed by atoms with Gasteiger partial charge in [-0.2, -0.15) is 4.31 Å². The number of piperidine rings is 1. The number of Topliss-reactive ketones (excluding diaryl/α,β-unsaturated/α-hetero) is 1. The monoisotopic (exact) mass is 492 g/mol. The molecule has 0 radical (unpaired) electrons. The normalized spacial score (nSPS) is 16.7. The highest BCUT2D eigenvalue weighted by Crippen LogP contribution is 2.26. The highest BCUT2D eigenvalue weighted by atomic mass is 35.5. The van der Waals surface area contributed by atoms with Gasteiger partial charge in [-0.15, -0.1) is 0 Å². The molecule has 1 atom stereocenters. The lowest BCUT2D eigenvalue weighted by molar-refractivity contribution is -0.153. The zero-order valence-corrected chi connectivity index (χ0v) is 19.7. The highest BCUT2D eigenvalue weighted by Gasteiger charge is 2.38. The summed E-state index contributed by atoms with van der Waals surface area (Å²) in [6, 6.07) is 11.6. The van der Waals surface area contributed by atoms with E-state index in [0.717, 1.165) is 9.87 Å². The molecule has 1 aliphatic rings. The van der Waals surface area contributed by atoms with Crippen LogP contribution in [0.4, 0.5) is 0 Å². The smallest absolute Gasteiger partial charge is 0.324 e. The largest absolute Gasteiger partial charge is 0.454 e. The van der Waals surface area contributed by atoms with Crippen LogP contribution in [0.3, 0.4) is 0 Å². The van der Waals surface area contributed by atoms with Gasteiger partial charge in [-0.25, -0.2) is 8.42 Å². The summed E-state index contributed by atoms with van der Waals surface area (Å²) in [6.45, 7) is 1.26. The predicted octanol–water partition coefficient (Wildman–Crippen LogP) is 2.95. The Morgan fingerprint density at radius 2 is 1.85 bits per heavy atom. The maximum absolute atomic E-state index is 13.2. The second-order valence-corrected chi connectivity index (χ2v) is 10.0. The molecule has 10 heteroatoms. The number of ketones is 1. The van der Waals surface area contributed by atoms with Gasteiger partial charge in [0, 0.05) is 23.7 Å². The van der Waals surface area contributed by atoms with Gasteiger partial charge in [-0.1, -0.05) is 35.9 Å². The molecule has 1 heterocycles. The second kappa shape index (κ2) is 10.9. The topological polar surface area (TPSA) is 110 Å². The molecule has 0 aliphatic carbocycles. The Balaban J connectivity index is 1.62. The highest BCUT2D eigenvalue weighted by molar-refractivity contribution is 7.89. The summed E-state index contributed by atoms with van der Waals surface area (Å²) < 4.78 is 32.6. The molecule has 3 rings (SSSR count). The Hall–Kier alpha value is -2.75. The van der Waals surface area contributed by atoms with Gasteiger partial charge in [-0.3, -0.25) is 14.4 Å². The van der Waals surface area contributed by atoms with E-state index >= 15 is 0 Å². The van der Waals surface area contributed by atoms with Crippen molar-refractivity contribution in [2.75, 3.05) is 13.2 Å². The number of esters is 1. The van der Waals surface area contributed by atoms with Crippen molar-refractivity contribution in [3.05, 3.63) is 64.7 Å². The van der Waals surface area contributed by atoms with Crippen LogP contribution in [0.5, 0.6) is 0 Å². The van der Waals surface area contributed by atoms with Crippen LogP contribution in [-0.2, 0) is 30.9 Å². The molecule has 0 spiro atoms. The lowest BCUT2D eigenvalue weighted by atomic mass is 10.1. The van der Waals surface area contributed by atoms with Crippen molar-refractivity contribution >= 4 is 39.3 Å². The van der Waals surface area contributed by atoms with Gasteiger partial charge in [0.25, 0.3) is 5.91 Å². The summed E-state index contributed by atoms with van der Waals surface area (Å²) in [7, 11) is -3.98. The van der Waals surface area contributed by atoms with Crippen LogP contribution in [-0.4, -0.2) is 49.6 Å². The molecular weight excluding hydrogens is 468 g/mol. The standard InChI is InChI=1S/C23H25ClN2O6S/c1-16(27)18-8-10-20(11-9-18)33(30,31)26-12-3-2-7-21(26)23(29)32-15-22(28)25-14-17-5-4-6-19(24)13-17/h4-6,8-11,13,21H,2-3,7,12,14-15H2,1H3,(H,25,28). The maximum atomic E-state index is 13.2. The Morgan fingerprint density at radius 1 is 1.12 bits per heavy atom. The summed E-state index contributed by atoms with van der Waals surface area (Å²) in [5, 5.41) is 3.18. The lowest BCUT2D eigenvalue weighted by Crippen LogP contribution is -2.49. The number of halogens is 1. The van der Waals surface area contributed by atoms with Crippen molar-refractivity contribution in [1.82, 2.24) is 9.62 Å². The van der Waals surface area contributed by atoms with Crippen molar-refractivity contribution < 1.29 is 27.5 Å². The molecule has 1 saturated heterocycles. The number of amides is 1. The fourth-order valence-electron chi connectivity index (χ4n) is 3.56. The van der Waals surface area contributed by atoms with E-state index in [-0.39, 0.29) is 23.8 Å².